The summed E-state index contributed by atoms with van der Waals surface area (Å²) in [5, 5.41) is 5.54. The molecule has 2 aliphatic rings. The van der Waals surface area contributed by atoms with E-state index < -0.39 is 0 Å². The SMILES string of the molecule is Clc1ccc2c(c1)OB1c3ccc(-n4c5ccccc5c5ccccc54)cc3Oc3cc(-c4ccccc4-n4c5ccccc5c5ccccc54)cc-2c31. The Balaban J connectivity index is 1.08. The second kappa shape index (κ2) is 11.2. The Morgan fingerprint density at radius 1 is 0.444 bits per heavy atom. The van der Waals surface area contributed by atoms with E-state index in [0.717, 1.165) is 72.8 Å². The fraction of sp³-hybridized carbons (Fsp3) is 0. The molecule has 0 saturated heterocycles. The fourth-order valence-electron chi connectivity index (χ4n) is 8.96. The summed E-state index contributed by atoms with van der Waals surface area (Å²) < 4.78 is 18.6. The normalized spacial score (nSPS) is 12.8. The van der Waals surface area contributed by atoms with E-state index in [0.29, 0.717) is 5.02 Å². The van der Waals surface area contributed by atoms with Crippen LogP contribution >= 0.6 is 11.6 Å². The Labute approximate surface area is 316 Å². The van der Waals surface area contributed by atoms with Gasteiger partial charge in [0, 0.05) is 60.4 Å². The molecule has 2 aromatic heterocycles. The van der Waals surface area contributed by atoms with E-state index in [4.69, 9.17) is 21.0 Å². The number of halogens is 1. The largest absolute Gasteiger partial charge is 0.551 e. The van der Waals surface area contributed by atoms with E-state index in [1.54, 1.807) is 0 Å². The van der Waals surface area contributed by atoms with Crippen molar-refractivity contribution in [1.82, 2.24) is 9.13 Å². The van der Waals surface area contributed by atoms with Crippen LogP contribution in [0.5, 0.6) is 17.2 Å². The molecule has 252 valence electrons. The van der Waals surface area contributed by atoms with E-state index in [1.807, 2.05) is 12.1 Å². The van der Waals surface area contributed by atoms with Gasteiger partial charge in [0.05, 0.1) is 27.8 Å². The monoisotopic (exact) mass is 710 g/mol. The van der Waals surface area contributed by atoms with E-state index in [-0.39, 0.29) is 6.92 Å². The Morgan fingerprint density at radius 3 is 1.70 bits per heavy atom. The maximum Gasteiger partial charge on any atom is 0.434 e. The molecule has 8 aromatic carbocycles. The van der Waals surface area contributed by atoms with E-state index in [9.17, 15) is 0 Å². The molecular formula is C48H28BClN2O2. The molecule has 12 rings (SSSR count). The van der Waals surface area contributed by atoms with Crippen LogP contribution in [0.25, 0.3) is 77.2 Å². The molecule has 0 spiro atoms. The molecule has 0 radical (unpaired) electrons. The minimum atomic E-state index is -0.362. The lowest BCUT2D eigenvalue weighted by Crippen LogP contribution is -2.53. The maximum absolute atomic E-state index is 7.03. The molecule has 0 fully saturated rings. The van der Waals surface area contributed by atoms with Crippen LogP contribution in [0, 0.1) is 0 Å². The summed E-state index contributed by atoms with van der Waals surface area (Å²) in [6, 6.07) is 60.0. The molecule has 0 N–H and O–H groups in total. The van der Waals surface area contributed by atoms with Crippen LogP contribution in [0.2, 0.25) is 5.02 Å². The Hall–Kier alpha value is -6.69. The van der Waals surface area contributed by atoms with Crippen LogP contribution in [0.4, 0.5) is 0 Å². The summed E-state index contributed by atoms with van der Waals surface area (Å²) >= 11 is 6.60. The fourth-order valence-corrected chi connectivity index (χ4v) is 9.12. The molecule has 0 saturated carbocycles. The highest BCUT2D eigenvalue weighted by Gasteiger charge is 2.41. The summed E-state index contributed by atoms with van der Waals surface area (Å²) in [7, 11) is 0. The second-order valence-electron chi connectivity index (χ2n) is 14.2. The average Bonchev–Trinajstić information content (AvgIpc) is 3.73. The summed E-state index contributed by atoms with van der Waals surface area (Å²) in [5.41, 5.74) is 13.0. The summed E-state index contributed by atoms with van der Waals surface area (Å²) in [4.78, 5) is 0. The van der Waals surface area contributed by atoms with Crippen molar-refractivity contribution in [3.8, 4) is 50.9 Å². The van der Waals surface area contributed by atoms with Crippen molar-refractivity contribution in [2.75, 3.05) is 0 Å². The third-order valence-electron chi connectivity index (χ3n) is 11.3. The molecule has 54 heavy (non-hydrogen) atoms. The van der Waals surface area contributed by atoms with Crippen LogP contribution in [-0.4, -0.2) is 16.0 Å². The van der Waals surface area contributed by atoms with Gasteiger partial charge in [-0.05, 0) is 77.9 Å². The van der Waals surface area contributed by atoms with Crippen molar-refractivity contribution in [3.63, 3.8) is 0 Å². The van der Waals surface area contributed by atoms with Gasteiger partial charge in [-0.25, -0.2) is 0 Å². The van der Waals surface area contributed by atoms with E-state index in [2.05, 4.69) is 167 Å². The standard InChI is InChI=1S/C48H28BClN2O2/c50-30-21-23-37-38-25-29(32-11-1-6-16-40(32)52-43-19-9-4-14-35(43)36-15-5-10-20-44(36)52)26-47-48(38)49(54-45(37)27-30)39-24-22-31(28-46(39)53-47)51-41-17-7-2-12-33(41)34-13-3-8-18-42(34)51/h1-28H. The van der Waals surface area contributed by atoms with Crippen molar-refractivity contribution in [2.45, 2.75) is 0 Å². The average molecular weight is 711 g/mol. The van der Waals surface area contributed by atoms with Gasteiger partial charge in [0.25, 0.3) is 0 Å². The van der Waals surface area contributed by atoms with Gasteiger partial charge >= 0.3 is 6.92 Å². The van der Waals surface area contributed by atoms with Gasteiger partial charge in [0.1, 0.15) is 17.2 Å². The van der Waals surface area contributed by atoms with Crippen LogP contribution in [-0.2, 0) is 0 Å². The van der Waals surface area contributed by atoms with Gasteiger partial charge in [-0.15, -0.1) is 0 Å². The highest BCUT2D eigenvalue weighted by Crippen LogP contribution is 2.45. The molecule has 10 aromatic rings. The summed E-state index contributed by atoms with van der Waals surface area (Å²) in [6.45, 7) is -0.362. The maximum atomic E-state index is 7.03. The first kappa shape index (κ1) is 29.8. The number of aromatic nitrogens is 2. The van der Waals surface area contributed by atoms with Crippen molar-refractivity contribution in [3.05, 3.63) is 175 Å². The van der Waals surface area contributed by atoms with E-state index >= 15 is 0 Å². The second-order valence-corrected chi connectivity index (χ2v) is 14.6. The molecule has 2 aliphatic heterocycles. The summed E-state index contributed by atoms with van der Waals surface area (Å²) in [5.74, 6) is 2.33. The van der Waals surface area contributed by atoms with Gasteiger partial charge in [-0.1, -0.05) is 109 Å². The van der Waals surface area contributed by atoms with Gasteiger partial charge in [0.2, 0.25) is 0 Å². The molecule has 0 bridgehead atoms. The van der Waals surface area contributed by atoms with Crippen molar-refractivity contribution >= 4 is 73.1 Å². The topological polar surface area (TPSA) is 28.3 Å². The van der Waals surface area contributed by atoms with Crippen molar-refractivity contribution < 1.29 is 9.39 Å². The first-order chi connectivity index (χ1) is 26.7. The predicted octanol–water partition coefficient (Wildman–Crippen LogP) is 11.5. The first-order valence-electron chi connectivity index (χ1n) is 18.2. The van der Waals surface area contributed by atoms with Crippen molar-refractivity contribution in [2.24, 2.45) is 0 Å². The third kappa shape index (κ3) is 4.16. The molecule has 0 atom stereocenters. The molecule has 0 amide bonds. The summed E-state index contributed by atoms with van der Waals surface area (Å²) in [6.07, 6.45) is 0. The minimum absolute atomic E-state index is 0.362. The number of hydrogen-bond donors (Lipinski definition) is 0. The molecule has 0 aliphatic carbocycles. The molecule has 6 heteroatoms. The minimum Gasteiger partial charge on any atom is -0.551 e. The van der Waals surface area contributed by atoms with Crippen LogP contribution < -0.4 is 20.3 Å². The number of nitrogens with zero attached hydrogens (tertiary/aromatic N) is 2. The first-order valence-corrected chi connectivity index (χ1v) is 18.6. The zero-order valence-corrected chi connectivity index (χ0v) is 29.6. The number of para-hydroxylation sites is 5. The zero-order valence-electron chi connectivity index (χ0n) is 28.8. The lowest BCUT2D eigenvalue weighted by atomic mass is 9.50. The highest BCUT2D eigenvalue weighted by atomic mass is 35.5. The van der Waals surface area contributed by atoms with Crippen LogP contribution in [0.1, 0.15) is 0 Å². The molecule has 4 heterocycles. The lowest BCUT2D eigenvalue weighted by Gasteiger charge is -2.33. The predicted molar refractivity (Wildman–Crippen MR) is 223 cm³/mol. The lowest BCUT2D eigenvalue weighted by molar-refractivity contribution is 0.479. The number of fused-ring (bicyclic) bond motifs is 10. The Kier molecular flexibility index (Phi) is 6.17. The molecule has 4 nitrogen and oxygen atoms in total. The van der Waals surface area contributed by atoms with Crippen molar-refractivity contribution in [1.29, 1.82) is 0 Å². The number of rotatable bonds is 3. The molecule has 0 unspecified atom stereocenters. The Bertz CT molecular complexity index is 3110. The van der Waals surface area contributed by atoms with Gasteiger partial charge in [-0.3, -0.25) is 0 Å². The van der Waals surface area contributed by atoms with Gasteiger partial charge in [-0.2, -0.15) is 0 Å². The number of ether oxygens (including phenoxy) is 1. The third-order valence-corrected chi connectivity index (χ3v) is 11.5. The van der Waals surface area contributed by atoms with E-state index in [1.165, 1.54) is 32.6 Å². The van der Waals surface area contributed by atoms with Crippen LogP contribution in [0.3, 0.4) is 0 Å². The molecular weight excluding hydrogens is 683 g/mol. The van der Waals surface area contributed by atoms with Gasteiger partial charge in [0.15, 0.2) is 0 Å². The Morgan fingerprint density at radius 2 is 1.04 bits per heavy atom. The quantitative estimate of drug-likeness (QED) is 0.171. The van der Waals surface area contributed by atoms with Gasteiger partial charge < -0.3 is 18.5 Å². The highest BCUT2D eigenvalue weighted by molar-refractivity contribution is 6.84. The number of hydrogen-bond acceptors (Lipinski definition) is 2. The number of benzene rings is 8. The smallest absolute Gasteiger partial charge is 0.434 e. The van der Waals surface area contributed by atoms with Crippen LogP contribution in [0.15, 0.2) is 170 Å². The zero-order chi connectivity index (χ0) is 35.5.